The number of para-hydroxylation sites is 1. The van der Waals surface area contributed by atoms with Gasteiger partial charge in [-0.05, 0) is 32.8 Å². The van der Waals surface area contributed by atoms with Crippen LogP contribution in [0, 0.1) is 0 Å². The van der Waals surface area contributed by atoms with Crippen molar-refractivity contribution in [2.45, 2.75) is 45.7 Å². The van der Waals surface area contributed by atoms with Gasteiger partial charge in [0, 0.05) is 18.7 Å². The van der Waals surface area contributed by atoms with E-state index in [1.807, 2.05) is 38.1 Å². The quantitative estimate of drug-likeness (QED) is 0.869. The van der Waals surface area contributed by atoms with Gasteiger partial charge in [0.1, 0.15) is 11.8 Å². The van der Waals surface area contributed by atoms with Crippen molar-refractivity contribution < 1.29 is 14.3 Å². The van der Waals surface area contributed by atoms with Crippen molar-refractivity contribution in [2.75, 3.05) is 19.7 Å². The molecule has 0 bridgehead atoms. The number of nitrogens with zero attached hydrogens (tertiary/aromatic N) is 1. The van der Waals surface area contributed by atoms with Crippen molar-refractivity contribution in [1.29, 1.82) is 0 Å². The molecule has 6 nitrogen and oxygen atoms in total. The Bertz CT molecular complexity index is 576. The molecule has 132 valence electrons. The number of amides is 3. The van der Waals surface area contributed by atoms with Gasteiger partial charge >= 0.3 is 6.03 Å². The molecule has 3 amide bonds. The van der Waals surface area contributed by atoms with Gasteiger partial charge in [0.15, 0.2) is 0 Å². The molecular formula is C18H27N3O3. The van der Waals surface area contributed by atoms with Gasteiger partial charge in [-0.15, -0.1) is 0 Å². The molecule has 0 spiro atoms. The van der Waals surface area contributed by atoms with Gasteiger partial charge in [0.05, 0.1) is 12.6 Å². The Morgan fingerprint density at radius 1 is 1.42 bits per heavy atom. The van der Waals surface area contributed by atoms with Crippen molar-refractivity contribution in [3.63, 3.8) is 0 Å². The Kier molecular flexibility index (Phi) is 6.46. The molecule has 0 unspecified atom stereocenters. The minimum Gasteiger partial charge on any atom is -0.494 e. The Labute approximate surface area is 143 Å². The van der Waals surface area contributed by atoms with Crippen molar-refractivity contribution in [2.24, 2.45) is 0 Å². The number of benzene rings is 1. The molecule has 0 radical (unpaired) electrons. The molecule has 2 atom stereocenters. The minimum atomic E-state index is -0.466. The molecule has 0 aliphatic carbocycles. The lowest BCUT2D eigenvalue weighted by Gasteiger charge is -2.29. The maximum atomic E-state index is 12.7. The highest BCUT2D eigenvalue weighted by Crippen LogP contribution is 2.27. The first-order valence-electron chi connectivity index (χ1n) is 8.65. The SMILES string of the molecule is CCOc1ccccc1[C@H](CC)NC(=O)N1CCCNC(=O)[C@@H]1C. The standard InChI is InChI=1S/C18H27N3O3/c1-4-15(14-9-6-7-10-16(14)24-5-2)20-18(23)21-12-8-11-19-17(22)13(21)3/h6-7,9-10,13,15H,4-5,8,11-12H2,1-3H3,(H,19,22)(H,20,23)/t13-,15-/m0/s1. The lowest BCUT2D eigenvalue weighted by molar-refractivity contribution is -0.124. The fourth-order valence-electron chi connectivity index (χ4n) is 2.91. The van der Waals surface area contributed by atoms with Crippen LogP contribution in [0.15, 0.2) is 24.3 Å². The molecule has 1 fully saturated rings. The summed E-state index contributed by atoms with van der Waals surface area (Å²) in [7, 11) is 0. The Morgan fingerprint density at radius 2 is 2.17 bits per heavy atom. The number of hydrogen-bond acceptors (Lipinski definition) is 3. The summed E-state index contributed by atoms with van der Waals surface area (Å²) in [6.07, 6.45) is 1.50. The highest BCUT2D eigenvalue weighted by atomic mass is 16.5. The highest BCUT2D eigenvalue weighted by Gasteiger charge is 2.29. The van der Waals surface area contributed by atoms with E-state index in [4.69, 9.17) is 4.74 Å². The maximum absolute atomic E-state index is 12.7. The maximum Gasteiger partial charge on any atom is 0.318 e. The van der Waals surface area contributed by atoms with Crippen LogP contribution in [0.1, 0.15) is 45.2 Å². The lowest BCUT2D eigenvalue weighted by atomic mass is 10.0. The molecule has 1 aromatic rings. The third-order valence-corrected chi connectivity index (χ3v) is 4.28. The van der Waals surface area contributed by atoms with E-state index in [9.17, 15) is 9.59 Å². The summed E-state index contributed by atoms with van der Waals surface area (Å²) in [5.41, 5.74) is 0.960. The number of nitrogens with one attached hydrogen (secondary N) is 2. The number of urea groups is 1. The van der Waals surface area contributed by atoms with Gasteiger partial charge in [0.2, 0.25) is 5.91 Å². The number of carbonyl (C=O) groups excluding carboxylic acids is 2. The predicted molar refractivity (Wildman–Crippen MR) is 93.0 cm³/mol. The molecule has 1 aliphatic rings. The molecule has 6 heteroatoms. The number of rotatable bonds is 5. The van der Waals surface area contributed by atoms with Gasteiger partial charge in [-0.3, -0.25) is 4.79 Å². The van der Waals surface area contributed by atoms with Gasteiger partial charge in [-0.25, -0.2) is 4.79 Å². The summed E-state index contributed by atoms with van der Waals surface area (Å²) < 4.78 is 5.68. The highest BCUT2D eigenvalue weighted by molar-refractivity contribution is 5.87. The number of ether oxygens (including phenoxy) is 1. The largest absolute Gasteiger partial charge is 0.494 e. The predicted octanol–water partition coefficient (Wildman–Crippen LogP) is 2.46. The minimum absolute atomic E-state index is 0.106. The summed E-state index contributed by atoms with van der Waals surface area (Å²) >= 11 is 0. The second kappa shape index (κ2) is 8.57. The van der Waals surface area contributed by atoms with Crippen LogP contribution in [0.3, 0.4) is 0 Å². The molecule has 0 aromatic heterocycles. The summed E-state index contributed by atoms with van der Waals surface area (Å²) in [6, 6.07) is 6.91. The first kappa shape index (κ1) is 18.1. The molecule has 1 heterocycles. The molecule has 2 rings (SSSR count). The van der Waals surface area contributed by atoms with Crippen LogP contribution >= 0.6 is 0 Å². The average molecular weight is 333 g/mol. The molecular weight excluding hydrogens is 306 g/mol. The van der Waals surface area contributed by atoms with E-state index in [0.717, 1.165) is 24.2 Å². The molecule has 1 saturated heterocycles. The van der Waals surface area contributed by atoms with Crippen LogP contribution < -0.4 is 15.4 Å². The first-order chi connectivity index (χ1) is 11.6. The van der Waals surface area contributed by atoms with Gasteiger partial charge in [-0.1, -0.05) is 25.1 Å². The van der Waals surface area contributed by atoms with Crippen LogP contribution in [0.4, 0.5) is 4.79 Å². The molecule has 0 saturated carbocycles. The Hall–Kier alpha value is -2.24. The second-order valence-electron chi connectivity index (χ2n) is 5.90. The van der Waals surface area contributed by atoms with E-state index in [2.05, 4.69) is 10.6 Å². The van der Waals surface area contributed by atoms with Crippen LogP contribution in [0.5, 0.6) is 5.75 Å². The number of hydrogen-bond donors (Lipinski definition) is 2. The smallest absolute Gasteiger partial charge is 0.318 e. The van der Waals surface area contributed by atoms with E-state index < -0.39 is 6.04 Å². The number of carbonyl (C=O) groups is 2. The molecule has 1 aliphatic heterocycles. The van der Waals surface area contributed by atoms with Crippen molar-refractivity contribution in [1.82, 2.24) is 15.5 Å². The van der Waals surface area contributed by atoms with Crippen LogP contribution in [-0.2, 0) is 4.79 Å². The van der Waals surface area contributed by atoms with Gasteiger partial charge in [0.25, 0.3) is 0 Å². The topological polar surface area (TPSA) is 70.7 Å². The van der Waals surface area contributed by atoms with Crippen molar-refractivity contribution >= 4 is 11.9 Å². The fourth-order valence-corrected chi connectivity index (χ4v) is 2.91. The van der Waals surface area contributed by atoms with E-state index in [0.29, 0.717) is 19.7 Å². The average Bonchev–Trinajstić information content (AvgIpc) is 2.75. The van der Waals surface area contributed by atoms with E-state index in [1.165, 1.54) is 0 Å². The van der Waals surface area contributed by atoms with E-state index >= 15 is 0 Å². The zero-order chi connectivity index (χ0) is 17.5. The second-order valence-corrected chi connectivity index (χ2v) is 5.90. The molecule has 24 heavy (non-hydrogen) atoms. The zero-order valence-corrected chi connectivity index (χ0v) is 14.7. The van der Waals surface area contributed by atoms with E-state index in [1.54, 1.807) is 11.8 Å². The normalized spacial score (nSPS) is 19.2. The van der Waals surface area contributed by atoms with Gasteiger partial charge in [-0.2, -0.15) is 0 Å². The van der Waals surface area contributed by atoms with E-state index in [-0.39, 0.29) is 18.0 Å². The lowest BCUT2D eigenvalue weighted by Crippen LogP contribution is -2.50. The zero-order valence-electron chi connectivity index (χ0n) is 14.7. The summed E-state index contributed by atoms with van der Waals surface area (Å²) in [6.45, 7) is 7.47. The van der Waals surface area contributed by atoms with Crippen LogP contribution in [0.2, 0.25) is 0 Å². The third kappa shape index (κ3) is 4.19. The van der Waals surface area contributed by atoms with Crippen molar-refractivity contribution in [3.8, 4) is 5.75 Å². The van der Waals surface area contributed by atoms with Gasteiger partial charge < -0.3 is 20.3 Å². The van der Waals surface area contributed by atoms with Crippen LogP contribution in [-0.4, -0.2) is 42.6 Å². The molecule has 1 aromatic carbocycles. The van der Waals surface area contributed by atoms with Crippen molar-refractivity contribution in [3.05, 3.63) is 29.8 Å². The first-order valence-corrected chi connectivity index (χ1v) is 8.65. The summed E-state index contributed by atoms with van der Waals surface area (Å²) in [5.74, 6) is 0.680. The molecule has 2 N–H and O–H groups in total. The fraction of sp³-hybridized carbons (Fsp3) is 0.556. The summed E-state index contributed by atoms with van der Waals surface area (Å²) in [4.78, 5) is 26.3. The summed E-state index contributed by atoms with van der Waals surface area (Å²) in [5, 5.41) is 5.88. The Morgan fingerprint density at radius 3 is 2.88 bits per heavy atom. The monoisotopic (exact) mass is 333 g/mol. The Balaban J connectivity index is 2.14. The third-order valence-electron chi connectivity index (χ3n) is 4.28. The van der Waals surface area contributed by atoms with Crippen LogP contribution in [0.25, 0.3) is 0 Å².